The zero-order valence-corrected chi connectivity index (χ0v) is 9.06. The minimum Gasteiger partial charge on any atom is -0.353 e. The van der Waals surface area contributed by atoms with Gasteiger partial charge in [0.15, 0.2) is 0 Å². The quantitative estimate of drug-likeness (QED) is 0.744. The second-order valence-electron chi connectivity index (χ2n) is 3.52. The van der Waals surface area contributed by atoms with Gasteiger partial charge in [0.2, 0.25) is 5.91 Å². The van der Waals surface area contributed by atoms with Gasteiger partial charge in [-0.25, -0.2) is 0 Å². The summed E-state index contributed by atoms with van der Waals surface area (Å²) in [6.45, 7) is 2.21. The molecule has 1 aliphatic carbocycles. The van der Waals surface area contributed by atoms with Gasteiger partial charge in [-0.2, -0.15) is 0 Å². The van der Waals surface area contributed by atoms with E-state index in [4.69, 9.17) is 0 Å². The van der Waals surface area contributed by atoms with Gasteiger partial charge < -0.3 is 5.32 Å². The molecular weight excluding hydrogens is 218 g/mol. The van der Waals surface area contributed by atoms with Crippen LogP contribution in [0.3, 0.4) is 0 Å². The molecule has 0 radical (unpaired) electrons. The van der Waals surface area contributed by atoms with Crippen molar-refractivity contribution in [1.29, 1.82) is 0 Å². The molecule has 2 unspecified atom stereocenters. The first-order chi connectivity index (χ1) is 5.74. The first-order valence-corrected chi connectivity index (χ1v) is 5.71. The molecule has 0 aliphatic heterocycles. The van der Waals surface area contributed by atoms with E-state index in [2.05, 4.69) is 28.2 Å². The highest BCUT2D eigenvalue weighted by Gasteiger charge is 2.24. The summed E-state index contributed by atoms with van der Waals surface area (Å²) in [6, 6.07) is 0.441. The Morgan fingerprint density at radius 3 is 2.83 bits per heavy atom. The van der Waals surface area contributed by atoms with Crippen LogP contribution in [-0.2, 0) is 4.79 Å². The highest BCUT2D eigenvalue weighted by Crippen LogP contribution is 2.24. The topological polar surface area (TPSA) is 29.1 Å². The van der Waals surface area contributed by atoms with Crippen LogP contribution in [0.4, 0.5) is 0 Å². The van der Waals surface area contributed by atoms with Gasteiger partial charge in [0.1, 0.15) is 0 Å². The zero-order valence-electron chi connectivity index (χ0n) is 7.48. The molecule has 2 atom stereocenters. The number of carbonyl (C=O) groups is 1. The maximum absolute atomic E-state index is 11.2. The van der Waals surface area contributed by atoms with Crippen LogP contribution in [0.1, 0.15) is 32.6 Å². The molecule has 1 aliphatic rings. The fourth-order valence-corrected chi connectivity index (χ4v) is 2.08. The van der Waals surface area contributed by atoms with Crippen LogP contribution in [-0.4, -0.2) is 17.3 Å². The molecule has 1 N–H and O–H groups in total. The standard InChI is InChI=1S/C9H16BrNO/c1-7-3-2-4-8(7)11-9(12)5-6-10/h7-8H,2-6H2,1H3,(H,11,12). The zero-order chi connectivity index (χ0) is 8.97. The Hall–Kier alpha value is -0.0500. The van der Waals surface area contributed by atoms with Crippen LogP contribution >= 0.6 is 15.9 Å². The van der Waals surface area contributed by atoms with Crippen LogP contribution in [0.15, 0.2) is 0 Å². The highest BCUT2D eigenvalue weighted by atomic mass is 79.9. The summed E-state index contributed by atoms with van der Waals surface area (Å²) in [5, 5.41) is 3.82. The maximum Gasteiger partial charge on any atom is 0.221 e. The second-order valence-corrected chi connectivity index (χ2v) is 4.31. The lowest BCUT2D eigenvalue weighted by molar-refractivity contribution is -0.121. The summed E-state index contributed by atoms with van der Waals surface area (Å²) in [5.74, 6) is 0.856. The van der Waals surface area contributed by atoms with Crippen molar-refractivity contribution in [3.8, 4) is 0 Å². The summed E-state index contributed by atoms with van der Waals surface area (Å²) >= 11 is 3.25. The first kappa shape index (κ1) is 10.0. The Balaban J connectivity index is 2.25. The molecule has 0 aromatic carbocycles. The van der Waals surface area contributed by atoms with E-state index in [-0.39, 0.29) is 5.91 Å². The Labute approximate surface area is 82.2 Å². The molecule has 70 valence electrons. The van der Waals surface area contributed by atoms with E-state index < -0.39 is 0 Å². The molecule has 0 aromatic rings. The molecule has 1 saturated carbocycles. The van der Waals surface area contributed by atoms with Gasteiger partial charge >= 0.3 is 0 Å². The van der Waals surface area contributed by atoms with Gasteiger partial charge in [0.05, 0.1) is 0 Å². The van der Waals surface area contributed by atoms with Crippen molar-refractivity contribution >= 4 is 21.8 Å². The minimum atomic E-state index is 0.186. The van der Waals surface area contributed by atoms with E-state index >= 15 is 0 Å². The van der Waals surface area contributed by atoms with E-state index in [9.17, 15) is 4.79 Å². The van der Waals surface area contributed by atoms with E-state index in [1.807, 2.05) is 0 Å². The summed E-state index contributed by atoms with van der Waals surface area (Å²) in [5.41, 5.74) is 0. The van der Waals surface area contributed by atoms with Crippen molar-refractivity contribution in [1.82, 2.24) is 5.32 Å². The molecule has 0 saturated heterocycles. The molecule has 12 heavy (non-hydrogen) atoms. The lowest BCUT2D eigenvalue weighted by Crippen LogP contribution is -2.36. The lowest BCUT2D eigenvalue weighted by Gasteiger charge is -2.16. The van der Waals surface area contributed by atoms with Crippen molar-refractivity contribution in [2.24, 2.45) is 5.92 Å². The largest absolute Gasteiger partial charge is 0.353 e. The third-order valence-corrected chi connectivity index (χ3v) is 2.93. The number of carbonyl (C=O) groups excluding carboxylic acids is 1. The number of rotatable bonds is 3. The average molecular weight is 234 g/mol. The van der Waals surface area contributed by atoms with Gasteiger partial charge in [0.25, 0.3) is 0 Å². The minimum absolute atomic E-state index is 0.186. The second kappa shape index (κ2) is 4.85. The van der Waals surface area contributed by atoms with E-state index in [0.29, 0.717) is 18.4 Å². The van der Waals surface area contributed by atoms with Gasteiger partial charge in [0, 0.05) is 17.8 Å². The molecule has 3 heteroatoms. The fourth-order valence-electron chi connectivity index (χ4n) is 1.72. The molecule has 0 aromatic heterocycles. The third-order valence-electron chi connectivity index (χ3n) is 2.53. The number of alkyl halides is 1. The maximum atomic E-state index is 11.2. The lowest BCUT2D eigenvalue weighted by atomic mass is 10.1. The SMILES string of the molecule is CC1CCCC1NC(=O)CCBr. The number of nitrogens with one attached hydrogen (secondary N) is 1. The van der Waals surface area contributed by atoms with Crippen molar-refractivity contribution in [3.63, 3.8) is 0 Å². The summed E-state index contributed by atoms with van der Waals surface area (Å²) in [7, 11) is 0. The highest BCUT2D eigenvalue weighted by molar-refractivity contribution is 9.09. The molecule has 0 bridgehead atoms. The van der Waals surface area contributed by atoms with Crippen LogP contribution < -0.4 is 5.32 Å². The van der Waals surface area contributed by atoms with Crippen LogP contribution in [0.2, 0.25) is 0 Å². The Morgan fingerprint density at radius 2 is 2.33 bits per heavy atom. The normalized spacial score (nSPS) is 28.8. The Bertz CT molecular complexity index is 161. The molecule has 0 spiro atoms. The van der Waals surface area contributed by atoms with Gasteiger partial charge in [-0.15, -0.1) is 0 Å². The number of halogens is 1. The molecule has 0 heterocycles. The van der Waals surface area contributed by atoms with E-state index in [1.165, 1.54) is 12.8 Å². The van der Waals surface area contributed by atoms with Gasteiger partial charge in [-0.1, -0.05) is 29.3 Å². The summed E-state index contributed by atoms with van der Waals surface area (Å²) < 4.78 is 0. The molecular formula is C9H16BrNO. The number of hydrogen-bond acceptors (Lipinski definition) is 1. The van der Waals surface area contributed by atoms with E-state index in [0.717, 1.165) is 11.8 Å². The fraction of sp³-hybridized carbons (Fsp3) is 0.889. The Morgan fingerprint density at radius 1 is 1.58 bits per heavy atom. The van der Waals surface area contributed by atoms with E-state index in [1.54, 1.807) is 0 Å². The first-order valence-electron chi connectivity index (χ1n) is 4.59. The molecule has 2 nitrogen and oxygen atoms in total. The monoisotopic (exact) mass is 233 g/mol. The third kappa shape index (κ3) is 2.77. The van der Waals surface area contributed by atoms with Crippen LogP contribution in [0.25, 0.3) is 0 Å². The van der Waals surface area contributed by atoms with Crippen molar-refractivity contribution in [3.05, 3.63) is 0 Å². The van der Waals surface area contributed by atoms with Crippen LogP contribution in [0, 0.1) is 5.92 Å². The van der Waals surface area contributed by atoms with Gasteiger partial charge in [-0.05, 0) is 18.8 Å². The van der Waals surface area contributed by atoms with Crippen molar-refractivity contribution in [2.75, 3.05) is 5.33 Å². The smallest absolute Gasteiger partial charge is 0.221 e. The van der Waals surface area contributed by atoms with Crippen LogP contribution in [0.5, 0.6) is 0 Å². The molecule has 1 amide bonds. The molecule has 1 fully saturated rings. The molecule has 1 rings (SSSR count). The number of amides is 1. The van der Waals surface area contributed by atoms with Crippen molar-refractivity contribution in [2.45, 2.75) is 38.6 Å². The van der Waals surface area contributed by atoms with Crippen molar-refractivity contribution < 1.29 is 4.79 Å². The predicted molar refractivity (Wildman–Crippen MR) is 53.4 cm³/mol. The predicted octanol–water partition coefficient (Wildman–Crippen LogP) is 2.08. The van der Waals surface area contributed by atoms with Gasteiger partial charge in [-0.3, -0.25) is 4.79 Å². The summed E-state index contributed by atoms with van der Waals surface area (Å²) in [4.78, 5) is 11.2. The summed E-state index contributed by atoms with van der Waals surface area (Å²) in [6.07, 6.45) is 4.29. The number of hydrogen-bond donors (Lipinski definition) is 1. The Kier molecular flexibility index (Phi) is 4.06. The average Bonchev–Trinajstić information content (AvgIpc) is 2.37.